The van der Waals surface area contributed by atoms with Crippen molar-refractivity contribution in [3.8, 4) is 0 Å². The number of carboxylic acid groups (broad SMARTS) is 3. The van der Waals surface area contributed by atoms with Gasteiger partial charge in [0.1, 0.15) is 0 Å². The monoisotopic (exact) mass is 336 g/mol. The Hall–Kier alpha value is -1.19. The van der Waals surface area contributed by atoms with Crippen LogP contribution in [0.15, 0.2) is 30.3 Å². The van der Waals surface area contributed by atoms with Gasteiger partial charge in [-0.25, -0.2) is 0 Å². The molecule has 0 aromatic heterocycles. The number of hydrogen-bond acceptors (Lipinski definition) is 7. The minimum Gasteiger partial charge on any atom is -0.548 e. The van der Waals surface area contributed by atoms with Crippen molar-refractivity contribution in [2.24, 2.45) is 11.5 Å². The largest absolute Gasteiger partial charge is 2.00 e. The van der Waals surface area contributed by atoms with Gasteiger partial charge in [-0.1, -0.05) is 30.3 Å². The average Bonchev–Trinajstić information content (AvgIpc) is 2.39. The molecule has 1 rings (SSSR count). The summed E-state index contributed by atoms with van der Waals surface area (Å²) in [5.74, 6) is -4.00. The predicted molar refractivity (Wildman–Crippen MR) is 74.1 cm³/mol. The molecule has 0 aliphatic carbocycles. The molecule has 9 heteroatoms. The molecule has 0 heterocycles. The molecule has 0 radical (unpaired) electrons. The summed E-state index contributed by atoms with van der Waals surface area (Å²) in [6.45, 7) is 0. The predicted octanol–water partition coefficient (Wildman–Crippen LogP) is -3.54. The summed E-state index contributed by atoms with van der Waals surface area (Å²) in [5, 5.41) is 28.0. The Morgan fingerprint density at radius 2 is 1.45 bits per heavy atom. The van der Waals surface area contributed by atoms with E-state index < -0.39 is 36.4 Å². The van der Waals surface area contributed by atoms with Crippen LogP contribution in [0.2, 0.25) is 0 Å². The quantitative estimate of drug-likeness (QED) is 0.448. The van der Waals surface area contributed by atoms with E-state index in [0.717, 1.165) is 5.56 Å². The zero-order valence-corrected chi connectivity index (χ0v) is 14.0. The maximum atomic E-state index is 10.3. The second-order valence-corrected chi connectivity index (χ2v) is 4.14. The van der Waals surface area contributed by atoms with Gasteiger partial charge in [-0.05, 0) is 12.0 Å². The van der Waals surface area contributed by atoms with Crippen LogP contribution >= 0.6 is 0 Å². The maximum Gasteiger partial charge on any atom is 2.00 e. The molecule has 0 spiro atoms. The van der Waals surface area contributed by atoms with E-state index in [0.29, 0.717) is 6.42 Å². The molecule has 0 unspecified atom stereocenters. The van der Waals surface area contributed by atoms with Gasteiger partial charge in [-0.15, -0.1) is 0 Å². The first-order valence-electron chi connectivity index (χ1n) is 5.92. The first-order chi connectivity index (χ1) is 9.73. The van der Waals surface area contributed by atoms with Crippen LogP contribution in [-0.2, 0) is 20.8 Å². The molecule has 116 valence electrons. The zero-order valence-electron chi connectivity index (χ0n) is 11.8. The number of nitrogens with two attached hydrogens (primary N) is 2. The Bertz CT molecular complexity index is 483. The molecule has 1 aromatic carbocycles. The van der Waals surface area contributed by atoms with Crippen molar-refractivity contribution in [2.75, 3.05) is 0 Å². The Morgan fingerprint density at radius 3 is 1.77 bits per heavy atom. The Morgan fingerprint density at radius 1 is 1.00 bits per heavy atom. The van der Waals surface area contributed by atoms with Crippen LogP contribution in [-0.4, -0.2) is 72.8 Å². The van der Waals surface area contributed by atoms with E-state index in [2.05, 4.69) is 0 Å². The Balaban J connectivity index is 0. The van der Waals surface area contributed by atoms with Crippen LogP contribution in [0, 0.1) is 0 Å². The number of carbonyl (C=O) groups is 3. The van der Waals surface area contributed by atoms with Crippen LogP contribution in [0.5, 0.6) is 0 Å². The molecule has 22 heavy (non-hydrogen) atoms. The molecule has 5 N–H and O–H groups in total. The van der Waals surface area contributed by atoms with E-state index in [9.17, 15) is 24.6 Å². The third-order valence-corrected chi connectivity index (χ3v) is 2.30. The summed E-state index contributed by atoms with van der Waals surface area (Å²) in [5.41, 5.74) is 11.0. The van der Waals surface area contributed by atoms with Crippen LogP contribution in [0.4, 0.5) is 0 Å². The number of carbonyl (C=O) groups excluding carboxylic acids is 2. The summed E-state index contributed by atoms with van der Waals surface area (Å²) in [4.78, 5) is 29.7. The van der Waals surface area contributed by atoms with Gasteiger partial charge in [0.2, 0.25) is 0 Å². The van der Waals surface area contributed by atoms with Crippen LogP contribution in [0.25, 0.3) is 0 Å². The third-order valence-electron chi connectivity index (χ3n) is 2.30. The van der Waals surface area contributed by atoms with Gasteiger partial charge in [0.05, 0.1) is 24.4 Å². The van der Waals surface area contributed by atoms with E-state index in [-0.39, 0.29) is 37.7 Å². The number of rotatable bonds is 6. The van der Waals surface area contributed by atoms with E-state index in [1.54, 1.807) is 0 Å². The molecule has 0 saturated carbocycles. The summed E-state index contributed by atoms with van der Waals surface area (Å²) in [6, 6.07) is 6.92. The summed E-state index contributed by atoms with van der Waals surface area (Å²) < 4.78 is 0. The minimum atomic E-state index is -1.54. The van der Waals surface area contributed by atoms with Gasteiger partial charge < -0.3 is 36.4 Å². The number of benzene rings is 1. The summed E-state index contributed by atoms with van der Waals surface area (Å²) >= 11 is 0. The molecular formula is C13H16CaN2O6. The van der Waals surface area contributed by atoms with Crippen LogP contribution in [0.3, 0.4) is 0 Å². The van der Waals surface area contributed by atoms with E-state index in [4.69, 9.17) is 16.6 Å². The van der Waals surface area contributed by atoms with E-state index in [1.165, 1.54) is 0 Å². The smallest absolute Gasteiger partial charge is 0.548 e. The molecule has 0 bridgehead atoms. The number of hydrogen-bond donors (Lipinski definition) is 3. The van der Waals surface area contributed by atoms with Crippen molar-refractivity contribution in [2.45, 2.75) is 24.9 Å². The van der Waals surface area contributed by atoms with Crippen molar-refractivity contribution in [1.82, 2.24) is 0 Å². The third kappa shape index (κ3) is 11.5. The van der Waals surface area contributed by atoms with Gasteiger partial charge in [0, 0.05) is 6.04 Å². The van der Waals surface area contributed by atoms with E-state index >= 15 is 0 Å². The van der Waals surface area contributed by atoms with Gasteiger partial charge in [0.15, 0.2) is 0 Å². The fourth-order valence-corrected chi connectivity index (χ4v) is 1.22. The van der Waals surface area contributed by atoms with Gasteiger partial charge in [-0.3, -0.25) is 4.79 Å². The molecular weight excluding hydrogens is 320 g/mol. The molecule has 0 saturated heterocycles. The van der Waals surface area contributed by atoms with Crippen molar-refractivity contribution in [1.29, 1.82) is 0 Å². The Labute approximate surface area is 157 Å². The summed E-state index contributed by atoms with van der Waals surface area (Å²) in [7, 11) is 0. The number of carboxylic acids is 3. The SMILES string of the molecule is N[C@@H](CC(=O)O)C(=O)[O-].N[C@@H](Cc1ccccc1)C(=O)[O-].[Ca+2]. The van der Waals surface area contributed by atoms with Gasteiger partial charge in [-0.2, -0.15) is 0 Å². The first kappa shape index (κ1) is 23.1. The van der Waals surface area contributed by atoms with E-state index in [1.807, 2.05) is 30.3 Å². The average molecular weight is 336 g/mol. The second-order valence-electron chi connectivity index (χ2n) is 4.14. The molecule has 1 aromatic rings. The molecule has 0 fully saturated rings. The fourth-order valence-electron chi connectivity index (χ4n) is 1.22. The topological polar surface area (TPSA) is 170 Å². The fraction of sp³-hybridized carbons (Fsp3) is 0.308. The van der Waals surface area contributed by atoms with Gasteiger partial charge in [0.25, 0.3) is 0 Å². The Kier molecular flexibility index (Phi) is 13.0. The molecule has 8 nitrogen and oxygen atoms in total. The van der Waals surface area contributed by atoms with Crippen molar-refractivity contribution in [3.63, 3.8) is 0 Å². The van der Waals surface area contributed by atoms with Crippen molar-refractivity contribution < 1.29 is 29.7 Å². The molecule has 0 aliphatic rings. The second kappa shape index (κ2) is 12.4. The standard InChI is InChI=1S/C9H11NO2.C4H7NO4.Ca/c10-8(9(11)12)6-7-4-2-1-3-5-7;5-2(4(8)9)1-3(6)7;/h1-5,8H,6,10H2,(H,11,12);2H,1,5H2,(H,6,7)(H,8,9);/q;;+2/p-2/t8-;2-;/m00./s1. The number of aliphatic carboxylic acids is 3. The van der Waals surface area contributed by atoms with Crippen LogP contribution < -0.4 is 21.7 Å². The van der Waals surface area contributed by atoms with Gasteiger partial charge >= 0.3 is 43.7 Å². The normalized spacial score (nSPS) is 11.9. The summed E-state index contributed by atoms with van der Waals surface area (Å²) in [6.07, 6.45) is -0.272. The van der Waals surface area contributed by atoms with Crippen molar-refractivity contribution >= 4 is 55.6 Å². The molecule has 2 atom stereocenters. The van der Waals surface area contributed by atoms with Crippen LogP contribution in [0.1, 0.15) is 12.0 Å². The maximum absolute atomic E-state index is 10.3. The van der Waals surface area contributed by atoms with Crippen molar-refractivity contribution in [3.05, 3.63) is 35.9 Å². The molecule has 0 aliphatic heterocycles. The first-order valence-corrected chi connectivity index (χ1v) is 5.92. The zero-order chi connectivity index (χ0) is 16.4. The molecule has 0 amide bonds. The minimum absolute atomic E-state index is 0.